The number of nitrogens with zero attached hydrogens (tertiary/aromatic N) is 4. The minimum atomic E-state index is -1.00. The van der Waals surface area contributed by atoms with Gasteiger partial charge in [0.25, 0.3) is 11.8 Å². The molecule has 2 aromatic rings. The molecular formula is C21H17ClN4O2. The van der Waals surface area contributed by atoms with Crippen molar-refractivity contribution >= 4 is 23.4 Å². The molecule has 0 saturated carbocycles. The number of fused-ring (bicyclic) bond motifs is 2. The molecule has 1 atom stereocenters. The summed E-state index contributed by atoms with van der Waals surface area (Å²) in [6, 6.07) is 7.08. The van der Waals surface area contributed by atoms with Gasteiger partial charge in [0.05, 0.1) is 22.0 Å². The third-order valence-corrected chi connectivity index (χ3v) is 5.84. The predicted molar refractivity (Wildman–Crippen MR) is 103 cm³/mol. The van der Waals surface area contributed by atoms with Gasteiger partial charge in [-0.15, -0.1) is 0 Å². The van der Waals surface area contributed by atoms with Crippen molar-refractivity contribution in [2.75, 3.05) is 13.1 Å². The first-order valence-corrected chi connectivity index (χ1v) is 9.55. The van der Waals surface area contributed by atoms with Crippen molar-refractivity contribution < 1.29 is 9.59 Å². The van der Waals surface area contributed by atoms with Gasteiger partial charge in [-0.1, -0.05) is 29.8 Å². The summed E-state index contributed by atoms with van der Waals surface area (Å²) in [6.07, 6.45) is 10.1. The number of halogens is 1. The van der Waals surface area contributed by atoms with Gasteiger partial charge in [0.2, 0.25) is 0 Å². The van der Waals surface area contributed by atoms with E-state index in [0.717, 1.165) is 6.42 Å². The van der Waals surface area contributed by atoms with Gasteiger partial charge < -0.3 is 9.80 Å². The summed E-state index contributed by atoms with van der Waals surface area (Å²) >= 11 is 6.05. The minimum Gasteiger partial charge on any atom is -0.308 e. The number of aromatic nitrogens is 2. The third kappa shape index (κ3) is 2.34. The summed E-state index contributed by atoms with van der Waals surface area (Å²) in [4.78, 5) is 39.1. The highest BCUT2D eigenvalue weighted by Gasteiger charge is 2.57. The predicted octanol–water partition coefficient (Wildman–Crippen LogP) is 2.71. The van der Waals surface area contributed by atoms with Crippen LogP contribution in [0.2, 0.25) is 5.02 Å². The zero-order chi connectivity index (χ0) is 19.3. The summed E-state index contributed by atoms with van der Waals surface area (Å²) in [6.45, 7) is 0.883. The van der Waals surface area contributed by atoms with Crippen LogP contribution in [0.1, 0.15) is 28.2 Å². The molecule has 0 radical (unpaired) electrons. The summed E-state index contributed by atoms with van der Waals surface area (Å²) < 4.78 is 0. The molecule has 2 aliphatic heterocycles. The van der Waals surface area contributed by atoms with Crippen LogP contribution in [0.5, 0.6) is 0 Å². The second kappa shape index (κ2) is 6.27. The van der Waals surface area contributed by atoms with E-state index in [9.17, 15) is 9.59 Å². The molecule has 3 aliphatic rings. The number of allylic oxidation sites excluding steroid dienone is 2. The molecule has 140 valence electrons. The minimum absolute atomic E-state index is 0.0971. The van der Waals surface area contributed by atoms with Crippen molar-refractivity contribution in [1.29, 1.82) is 0 Å². The van der Waals surface area contributed by atoms with Crippen molar-refractivity contribution in [1.82, 2.24) is 19.8 Å². The molecule has 28 heavy (non-hydrogen) atoms. The number of carbonyl (C=O) groups excluding carboxylic acids is 2. The average Bonchev–Trinajstić information content (AvgIpc) is 3.37. The number of hydrogen-bond donors (Lipinski definition) is 0. The smallest absolute Gasteiger partial charge is 0.257 e. The third-order valence-electron chi connectivity index (χ3n) is 5.62. The van der Waals surface area contributed by atoms with Crippen molar-refractivity contribution in [3.63, 3.8) is 0 Å². The Hall–Kier alpha value is -2.99. The van der Waals surface area contributed by atoms with E-state index in [-0.39, 0.29) is 11.8 Å². The Labute approximate surface area is 167 Å². The van der Waals surface area contributed by atoms with Crippen LogP contribution in [0, 0.1) is 0 Å². The lowest BCUT2D eigenvalue weighted by Gasteiger charge is -2.46. The van der Waals surface area contributed by atoms with Crippen molar-refractivity contribution in [2.45, 2.75) is 18.5 Å². The first-order valence-electron chi connectivity index (χ1n) is 9.18. The summed E-state index contributed by atoms with van der Waals surface area (Å²) in [5.74, 6) is -0.225. The van der Waals surface area contributed by atoms with E-state index in [4.69, 9.17) is 11.6 Å². The molecule has 1 unspecified atom stereocenters. The molecule has 1 fully saturated rings. The van der Waals surface area contributed by atoms with E-state index in [0.29, 0.717) is 47.1 Å². The molecule has 4 heterocycles. The maximum Gasteiger partial charge on any atom is 0.257 e. The molecule has 0 bridgehead atoms. The lowest BCUT2D eigenvalue weighted by atomic mass is 9.88. The quantitative estimate of drug-likeness (QED) is 0.788. The van der Waals surface area contributed by atoms with E-state index in [1.54, 1.807) is 46.5 Å². The van der Waals surface area contributed by atoms with Crippen LogP contribution in [-0.4, -0.2) is 44.7 Å². The average molecular weight is 393 g/mol. The molecule has 5 rings (SSSR count). The second-order valence-electron chi connectivity index (χ2n) is 7.06. The second-order valence-corrected chi connectivity index (χ2v) is 7.50. The standard InChI is InChI=1S/C21H17ClN4O2/c22-15-7-8-18(24-13-15)21-12-17-16(6-3-9-23-17)20(28)26(21)11-10-25(21)19(27)14-4-1-2-5-14/h1,3-9,13H,2,10-12H2. The number of rotatable bonds is 2. The Morgan fingerprint density at radius 1 is 1.18 bits per heavy atom. The van der Waals surface area contributed by atoms with Crippen molar-refractivity contribution in [2.24, 2.45) is 0 Å². The first-order chi connectivity index (χ1) is 13.6. The van der Waals surface area contributed by atoms with Gasteiger partial charge in [0, 0.05) is 37.5 Å². The maximum absolute atomic E-state index is 13.4. The lowest BCUT2D eigenvalue weighted by molar-refractivity contribution is -0.135. The van der Waals surface area contributed by atoms with Crippen LogP contribution in [0.25, 0.3) is 0 Å². The highest BCUT2D eigenvalue weighted by molar-refractivity contribution is 6.30. The van der Waals surface area contributed by atoms with E-state index >= 15 is 0 Å². The Bertz CT molecular complexity index is 1050. The molecule has 1 aliphatic carbocycles. The van der Waals surface area contributed by atoms with Gasteiger partial charge in [-0.3, -0.25) is 19.6 Å². The van der Waals surface area contributed by atoms with Crippen LogP contribution in [0.15, 0.2) is 60.5 Å². The van der Waals surface area contributed by atoms with Gasteiger partial charge >= 0.3 is 0 Å². The Morgan fingerprint density at radius 2 is 2.07 bits per heavy atom. The molecule has 6 nitrogen and oxygen atoms in total. The summed E-state index contributed by atoms with van der Waals surface area (Å²) in [7, 11) is 0. The normalized spacial score (nSPS) is 22.9. The molecule has 1 saturated heterocycles. The van der Waals surface area contributed by atoms with E-state index in [1.807, 2.05) is 18.2 Å². The van der Waals surface area contributed by atoms with Gasteiger partial charge in [-0.2, -0.15) is 0 Å². The first kappa shape index (κ1) is 17.1. The molecule has 0 N–H and O–H groups in total. The molecule has 0 spiro atoms. The van der Waals surface area contributed by atoms with E-state index in [2.05, 4.69) is 9.97 Å². The van der Waals surface area contributed by atoms with Gasteiger partial charge in [0.15, 0.2) is 5.66 Å². The molecule has 7 heteroatoms. The molecule has 2 amide bonds. The topological polar surface area (TPSA) is 66.4 Å². The lowest BCUT2D eigenvalue weighted by Crippen LogP contribution is -2.59. The van der Waals surface area contributed by atoms with E-state index in [1.165, 1.54) is 0 Å². The number of pyridine rings is 2. The fourth-order valence-corrected chi connectivity index (χ4v) is 4.46. The van der Waals surface area contributed by atoms with Gasteiger partial charge in [-0.25, -0.2) is 0 Å². The van der Waals surface area contributed by atoms with Gasteiger partial charge in [-0.05, 0) is 30.7 Å². The van der Waals surface area contributed by atoms with Crippen molar-refractivity contribution in [3.05, 3.63) is 82.4 Å². The number of amides is 2. The Balaban J connectivity index is 1.70. The zero-order valence-corrected chi connectivity index (χ0v) is 15.8. The van der Waals surface area contributed by atoms with E-state index < -0.39 is 5.66 Å². The zero-order valence-electron chi connectivity index (χ0n) is 15.0. The van der Waals surface area contributed by atoms with Crippen LogP contribution in [0.3, 0.4) is 0 Å². The van der Waals surface area contributed by atoms with Crippen LogP contribution in [0.4, 0.5) is 0 Å². The fourth-order valence-electron chi connectivity index (χ4n) is 4.35. The Morgan fingerprint density at radius 3 is 2.82 bits per heavy atom. The summed E-state index contributed by atoms with van der Waals surface area (Å²) in [5, 5.41) is 0.504. The number of hydrogen-bond acceptors (Lipinski definition) is 4. The van der Waals surface area contributed by atoms with Crippen molar-refractivity contribution in [3.8, 4) is 0 Å². The molecule has 0 aromatic carbocycles. The fraction of sp³-hybridized carbons (Fsp3) is 0.238. The Kier molecular flexibility index (Phi) is 3.84. The monoisotopic (exact) mass is 392 g/mol. The largest absolute Gasteiger partial charge is 0.308 e. The van der Waals surface area contributed by atoms with Gasteiger partial charge in [0.1, 0.15) is 0 Å². The highest BCUT2D eigenvalue weighted by atomic mass is 35.5. The van der Waals surface area contributed by atoms with Crippen LogP contribution < -0.4 is 0 Å². The molecule has 2 aromatic heterocycles. The summed E-state index contributed by atoms with van der Waals surface area (Å²) in [5.41, 5.74) is 1.53. The van der Waals surface area contributed by atoms with Crippen LogP contribution in [-0.2, 0) is 16.9 Å². The highest BCUT2D eigenvalue weighted by Crippen LogP contribution is 2.44. The SMILES string of the molecule is O=C(C1=CCC=C1)N1CCN2C(=O)c3cccnc3CC12c1ccc(Cl)cn1. The van der Waals surface area contributed by atoms with Crippen LogP contribution >= 0.6 is 11.6 Å². The molecular weight excluding hydrogens is 376 g/mol. The maximum atomic E-state index is 13.4. The number of carbonyl (C=O) groups is 2.